The van der Waals surface area contributed by atoms with Crippen molar-refractivity contribution in [3.63, 3.8) is 0 Å². The van der Waals surface area contributed by atoms with Gasteiger partial charge in [0.15, 0.2) is 5.88 Å². The summed E-state index contributed by atoms with van der Waals surface area (Å²) in [6.07, 6.45) is 8.13. The number of rotatable bonds is 1. The van der Waals surface area contributed by atoms with Crippen LogP contribution in [0.3, 0.4) is 0 Å². The largest absolute Gasteiger partial charge is 0.557 e. The minimum absolute atomic E-state index is 0.403. The molecule has 2 N–H and O–H groups in total. The van der Waals surface area contributed by atoms with Gasteiger partial charge in [-0.05, 0) is 12.8 Å². The highest BCUT2D eigenvalue weighted by Crippen LogP contribution is 2.28. The van der Waals surface area contributed by atoms with Crippen molar-refractivity contribution >= 4 is 0 Å². The SMILES string of the molecule is NC1=CN(C2CCCCC2)[N-]O1. The van der Waals surface area contributed by atoms with Crippen LogP contribution in [-0.4, -0.2) is 11.1 Å². The van der Waals surface area contributed by atoms with Crippen molar-refractivity contribution in [2.75, 3.05) is 0 Å². The summed E-state index contributed by atoms with van der Waals surface area (Å²) in [4.78, 5) is 4.81. The van der Waals surface area contributed by atoms with Crippen LogP contribution >= 0.6 is 0 Å². The summed E-state index contributed by atoms with van der Waals surface area (Å²) in [5.41, 5.74) is 9.29. The van der Waals surface area contributed by atoms with Crippen molar-refractivity contribution in [3.8, 4) is 0 Å². The summed E-state index contributed by atoms with van der Waals surface area (Å²) >= 11 is 0. The van der Waals surface area contributed by atoms with Crippen molar-refractivity contribution in [3.05, 3.63) is 17.7 Å². The zero-order valence-corrected chi connectivity index (χ0v) is 7.07. The summed E-state index contributed by atoms with van der Waals surface area (Å²) < 4.78 is 0. The zero-order valence-electron chi connectivity index (χ0n) is 7.07. The fraction of sp³-hybridized carbons (Fsp3) is 0.750. The van der Waals surface area contributed by atoms with E-state index in [-0.39, 0.29) is 0 Å². The maximum atomic E-state index is 5.44. The molecule has 2 aliphatic rings. The summed E-state index contributed by atoms with van der Waals surface area (Å²) in [5.74, 6) is 0.403. The van der Waals surface area contributed by atoms with Gasteiger partial charge < -0.3 is 21.2 Å². The van der Waals surface area contributed by atoms with Crippen LogP contribution in [0.1, 0.15) is 32.1 Å². The molecule has 0 unspecified atom stereocenters. The average Bonchev–Trinajstić information content (AvgIpc) is 2.54. The van der Waals surface area contributed by atoms with Crippen molar-refractivity contribution in [1.82, 2.24) is 5.01 Å². The molecule has 68 valence electrons. The Balaban J connectivity index is 1.91. The van der Waals surface area contributed by atoms with Crippen molar-refractivity contribution in [2.45, 2.75) is 38.1 Å². The zero-order chi connectivity index (χ0) is 8.39. The van der Waals surface area contributed by atoms with Gasteiger partial charge in [-0.2, -0.15) is 0 Å². The Labute approximate surface area is 72.3 Å². The third kappa shape index (κ3) is 1.48. The quantitative estimate of drug-likeness (QED) is 0.647. The van der Waals surface area contributed by atoms with Gasteiger partial charge in [-0.15, -0.1) is 0 Å². The second kappa shape index (κ2) is 3.23. The highest BCUT2D eigenvalue weighted by atomic mass is 16.7. The molecule has 0 saturated heterocycles. The standard InChI is InChI=1S/C8H14N3O/c9-8-6-11(10-12-8)7-4-2-1-3-5-7/h6-7H,1-5,9H2/q-1. The molecule has 1 aliphatic heterocycles. The normalized spacial score (nSPS) is 25.3. The molecular weight excluding hydrogens is 154 g/mol. The number of hydrogen-bond acceptors (Lipinski definition) is 3. The van der Waals surface area contributed by atoms with E-state index in [1.165, 1.54) is 32.1 Å². The Morgan fingerprint density at radius 2 is 2.17 bits per heavy atom. The van der Waals surface area contributed by atoms with Gasteiger partial charge in [-0.1, -0.05) is 19.3 Å². The topological polar surface area (TPSA) is 52.6 Å². The first kappa shape index (κ1) is 7.73. The molecule has 0 atom stereocenters. The van der Waals surface area contributed by atoms with Crippen LogP contribution in [0.4, 0.5) is 0 Å². The second-order valence-electron chi connectivity index (χ2n) is 3.38. The van der Waals surface area contributed by atoms with Gasteiger partial charge in [0.05, 0.1) is 0 Å². The Morgan fingerprint density at radius 3 is 2.75 bits per heavy atom. The van der Waals surface area contributed by atoms with E-state index < -0.39 is 0 Å². The Hall–Kier alpha value is -0.900. The molecule has 0 aromatic rings. The molecule has 1 heterocycles. The highest BCUT2D eigenvalue weighted by Gasteiger charge is 2.16. The predicted molar refractivity (Wildman–Crippen MR) is 45.4 cm³/mol. The Morgan fingerprint density at radius 1 is 1.42 bits per heavy atom. The lowest BCUT2D eigenvalue weighted by Gasteiger charge is -2.38. The molecule has 0 bridgehead atoms. The Kier molecular flexibility index (Phi) is 2.08. The molecule has 0 amide bonds. The van der Waals surface area contributed by atoms with Gasteiger partial charge >= 0.3 is 0 Å². The summed E-state index contributed by atoms with van der Waals surface area (Å²) in [5, 5.41) is 1.86. The van der Waals surface area contributed by atoms with Gasteiger partial charge in [-0.3, -0.25) is 0 Å². The highest BCUT2D eigenvalue weighted by molar-refractivity contribution is 5.00. The third-order valence-electron chi connectivity index (χ3n) is 2.45. The van der Waals surface area contributed by atoms with Gasteiger partial charge in [0.2, 0.25) is 0 Å². The van der Waals surface area contributed by atoms with Crippen molar-refractivity contribution in [1.29, 1.82) is 0 Å². The summed E-state index contributed by atoms with van der Waals surface area (Å²) in [7, 11) is 0. The van der Waals surface area contributed by atoms with E-state index in [1.807, 2.05) is 5.01 Å². The molecule has 4 nitrogen and oxygen atoms in total. The minimum Gasteiger partial charge on any atom is -0.557 e. The first-order chi connectivity index (χ1) is 5.86. The smallest absolute Gasteiger partial charge is 0.185 e. The predicted octanol–water partition coefficient (Wildman–Crippen LogP) is 1.61. The molecule has 2 rings (SSSR count). The molecule has 0 aromatic heterocycles. The third-order valence-corrected chi connectivity index (χ3v) is 2.45. The number of nitrogens with two attached hydrogens (primary N) is 1. The summed E-state index contributed by atoms with van der Waals surface area (Å²) in [6, 6.07) is 0.514. The van der Waals surface area contributed by atoms with Crippen LogP contribution in [0.25, 0.3) is 5.59 Å². The van der Waals surface area contributed by atoms with E-state index in [0.717, 1.165) is 0 Å². The van der Waals surface area contributed by atoms with Crippen molar-refractivity contribution in [2.24, 2.45) is 5.73 Å². The average molecular weight is 168 g/mol. The number of hydrogen-bond donors (Lipinski definition) is 1. The Bertz CT molecular complexity index is 187. The minimum atomic E-state index is 0.403. The molecule has 0 spiro atoms. The van der Waals surface area contributed by atoms with E-state index in [9.17, 15) is 0 Å². The van der Waals surface area contributed by atoms with Crippen LogP contribution in [0, 0.1) is 0 Å². The van der Waals surface area contributed by atoms with Gasteiger partial charge in [0.1, 0.15) is 0 Å². The monoisotopic (exact) mass is 168 g/mol. The first-order valence-electron chi connectivity index (χ1n) is 4.50. The van der Waals surface area contributed by atoms with Gasteiger partial charge in [0, 0.05) is 12.2 Å². The van der Waals surface area contributed by atoms with E-state index in [1.54, 1.807) is 6.20 Å². The maximum Gasteiger partial charge on any atom is 0.185 e. The van der Waals surface area contributed by atoms with Crippen LogP contribution in [0.15, 0.2) is 12.1 Å². The van der Waals surface area contributed by atoms with Crippen LogP contribution in [0.2, 0.25) is 0 Å². The van der Waals surface area contributed by atoms with Crippen molar-refractivity contribution < 1.29 is 4.84 Å². The van der Waals surface area contributed by atoms with Crippen LogP contribution < -0.4 is 5.73 Å². The molecule has 4 heteroatoms. The lowest BCUT2D eigenvalue weighted by Crippen LogP contribution is -2.27. The fourth-order valence-electron chi connectivity index (χ4n) is 1.79. The molecule has 1 saturated carbocycles. The van der Waals surface area contributed by atoms with E-state index in [2.05, 4.69) is 5.59 Å². The molecule has 1 fully saturated rings. The first-order valence-corrected chi connectivity index (χ1v) is 4.50. The second-order valence-corrected chi connectivity index (χ2v) is 3.38. The number of nitrogens with zero attached hydrogens (tertiary/aromatic N) is 2. The molecule has 12 heavy (non-hydrogen) atoms. The fourth-order valence-corrected chi connectivity index (χ4v) is 1.79. The van der Waals surface area contributed by atoms with E-state index in [4.69, 9.17) is 10.6 Å². The van der Waals surface area contributed by atoms with Gasteiger partial charge in [-0.25, -0.2) is 0 Å². The lowest BCUT2D eigenvalue weighted by molar-refractivity contribution is 0.187. The lowest BCUT2D eigenvalue weighted by atomic mass is 9.95. The summed E-state index contributed by atoms with van der Waals surface area (Å²) in [6.45, 7) is 0. The molecule has 0 radical (unpaired) electrons. The van der Waals surface area contributed by atoms with E-state index >= 15 is 0 Å². The van der Waals surface area contributed by atoms with Crippen LogP contribution in [0.5, 0.6) is 0 Å². The van der Waals surface area contributed by atoms with E-state index in [0.29, 0.717) is 11.9 Å². The van der Waals surface area contributed by atoms with Crippen LogP contribution in [-0.2, 0) is 4.84 Å². The molecular formula is C8H14N3O-. The molecule has 1 aliphatic carbocycles. The molecule has 0 aromatic carbocycles. The maximum absolute atomic E-state index is 5.44. The van der Waals surface area contributed by atoms with Gasteiger partial charge in [0.25, 0.3) is 0 Å².